The molecule has 0 radical (unpaired) electrons. The monoisotopic (exact) mass is 327 g/mol. The lowest BCUT2D eigenvalue weighted by Gasteiger charge is -2.37. The summed E-state index contributed by atoms with van der Waals surface area (Å²) >= 11 is 5.70. The van der Waals surface area contributed by atoms with Gasteiger partial charge in [-0.15, -0.1) is 0 Å². The highest BCUT2D eigenvalue weighted by atomic mass is 35.5. The van der Waals surface area contributed by atoms with Gasteiger partial charge in [0.15, 0.2) is 0 Å². The van der Waals surface area contributed by atoms with Crippen LogP contribution in [0.2, 0.25) is 5.02 Å². The lowest BCUT2D eigenvalue weighted by Crippen LogP contribution is -2.53. The molecule has 1 aliphatic heterocycles. The second-order valence-electron chi connectivity index (χ2n) is 5.34. The van der Waals surface area contributed by atoms with Crippen molar-refractivity contribution >= 4 is 29.1 Å². The third-order valence-corrected chi connectivity index (χ3v) is 4.16. The van der Waals surface area contributed by atoms with Crippen molar-refractivity contribution < 1.29 is 14.0 Å². The van der Waals surface area contributed by atoms with Crippen molar-refractivity contribution in [2.75, 3.05) is 31.5 Å². The molecule has 0 spiro atoms. The van der Waals surface area contributed by atoms with Gasteiger partial charge in [0.05, 0.1) is 11.1 Å². The van der Waals surface area contributed by atoms with E-state index in [0.29, 0.717) is 31.9 Å². The molecule has 0 unspecified atom stereocenters. The van der Waals surface area contributed by atoms with Crippen LogP contribution in [0.4, 0.5) is 10.1 Å². The van der Waals surface area contributed by atoms with Crippen LogP contribution in [0.3, 0.4) is 0 Å². The molecule has 1 fully saturated rings. The van der Waals surface area contributed by atoms with Crippen molar-refractivity contribution in [3.63, 3.8) is 0 Å². The number of carbonyl (C=O) groups excluding carboxylic acids is 2. The summed E-state index contributed by atoms with van der Waals surface area (Å²) in [5, 5.41) is 2.70. The molecular weight excluding hydrogens is 309 g/mol. The fourth-order valence-corrected chi connectivity index (χ4v) is 2.59. The van der Waals surface area contributed by atoms with Gasteiger partial charge in [0, 0.05) is 38.8 Å². The highest BCUT2D eigenvalue weighted by Crippen LogP contribution is 2.20. The average Bonchev–Trinajstić information content (AvgIpc) is 2.50. The lowest BCUT2D eigenvalue weighted by atomic mass is 10.2. The third-order valence-electron chi connectivity index (χ3n) is 3.87. The van der Waals surface area contributed by atoms with Crippen LogP contribution in [0.5, 0.6) is 0 Å². The SMILES string of the molecule is CC(=O)N1CCN([C@@H](C)C(=O)Nc2ccc(F)c(Cl)c2)CC1. The van der Waals surface area contributed by atoms with E-state index in [1.807, 2.05) is 11.8 Å². The molecule has 1 aromatic carbocycles. The molecule has 120 valence electrons. The predicted octanol–water partition coefficient (Wildman–Crippen LogP) is 1.97. The summed E-state index contributed by atoms with van der Waals surface area (Å²) in [6.45, 7) is 5.90. The van der Waals surface area contributed by atoms with Crippen LogP contribution in [0.15, 0.2) is 18.2 Å². The zero-order chi connectivity index (χ0) is 16.3. The normalized spacial score (nSPS) is 17.2. The Bertz CT molecular complexity index is 574. The van der Waals surface area contributed by atoms with Gasteiger partial charge in [0.25, 0.3) is 0 Å². The molecule has 1 atom stereocenters. The third kappa shape index (κ3) is 3.96. The zero-order valence-electron chi connectivity index (χ0n) is 12.6. The van der Waals surface area contributed by atoms with E-state index in [1.165, 1.54) is 18.2 Å². The molecule has 2 amide bonds. The molecule has 0 aromatic heterocycles. The number of nitrogens with zero attached hydrogens (tertiary/aromatic N) is 2. The highest BCUT2D eigenvalue weighted by molar-refractivity contribution is 6.31. The molecule has 1 saturated heterocycles. The minimum Gasteiger partial charge on any atom is -0.340 e. The topological polar surface area (TPSA) is 52.7 Å². The standard InChI is InChI=1S/C15H19ClFN3O2/c1-10(19-5-7-20(8-6-19)11(2)21)15(22)18-12-3-4-14(17)13(16)9-12/h3-4,9-10H,5-8H2,1-2H3,(H,18,22)/t10-/m0/s1. The number of hydrogen-bond donors (Lipinski definition) is 1. The van der Waals surface area contributed by atoms with E-state index in [9.17, 15) is 14.0 Å². The summed E-state index contributed by atoms with van der Waals surface area (Å²) in [5.41, 5.74) is 0.464. The van der Waals surface area contributed by atoms with Gasteiger partial charge in [0.1, 0.15) is 5.82 Å². The van der Waals surface area contributed by atoms with Crippen molar-refractivity contribution in [3.8, 4) is 0 Å². The number of piperazine rings is 1. The van der Waals surface area contributed by atoms with E-state index in [1.54, 1.807) is 11.8 Å². The maximum Gasteiger partial charge on any atom is 0.241 e. The Morgan fingerprint density at radius 3 is 2.45 bits per heavy atom. The summed E-state index contributed by atoms with van der Waals surface area (Å²) < 4.78 is 13.1. The number of nitrogens with one attached hydrogen (secondary N) is 1. The predicted molar refractivity (Wildman–Crippen MR) is 83.3 cm³/mol. The smallest absolute Gasteiger partial charge is 0.241 e. The fraction of sp³-hybridized carbons (Fsp3) is 0.467. The number of hydrogen-bond acceptors (Lipinski definition) is 3. The Labute approximate surface area is 134 Å². The molecule has 1 aromatic rings. The largest absolute Gasteiger partial charge is 0.340 e. The van der Waals surface area contributed by atoms with Gasteiger partial charge >= 0.3 is 0 Å². The summed E-state index contributed by atoms with van der Waals surface area (Å²) in [4.78, 5) is 27.3. The second-order valence-corrected chi connectivity index (χ2v) is 5.74. The minimum absolute atomic E-state index is 0.0273. The molecular formula is C15H19ClFN3O2. The zero-order valence-corrected chi connectivity index (χ0v) is 13.4. The number of anilines is 1. The number of rotatable bonds is 3. The summed E-state index contributed by atoms with van der Waals surface area (Å²) in [7, 11) is 0. The number of benzene rings is 1. The Hall–Kier alpha value is -1.66. The molecule has 1 aliphatic rings. The number of carbonyl (C=O) groups is 2. The molecule has 5 nitrogen and oxygen atoms in total. The first-order valence-electron chi connectivity index (χ1n) is 7.14. The molecule has 0 saturated carbocycles. The first-order valence-corrected chi connectivity index (χ1v) is 7.51. The Morgan fingerprint density at radius 2 is 1.91 bits per heavy atom. The van der Waals surface area contributed by atoms with Gasteiger partial charge in [-0.2, -0.15) is 0 Å². The van der Waals surface area contributed by atoms with Crippen LogP contribution in [-0.4, -0.2) is 53.8 Å². The van der Waals surface area contributed by atoms with Gasteiger partial charge in [-0.1, -0.05) is 11.6 Å². The van der Waals surface area contributed by atoms with Crippen LogP contribution in [0.1, 0.15) is 13.8 Å². The first-order chi connectivity index (χ1) is 10.4. The molecule has 22 heavy (non-hydrogen) atoms. The Kier molecular flexibility index (Phi) is 5.37. The van der Waals surface area contributed by atoms with E-state index >= 15 is 0 Å². The Balaban J connectivity index is 1.92. The van der Waals surface area contributed by atoms with Gasteiger partial charge in [0.2, 0.25) is 11.8 Å². The van der Waals surface area contributed by atoms with E-state index in [-0.39, 0.29) is 22.9 Å². The highest BCUT2D eigenvalue weighted by Gasteiger charge is 2.26. The van der Waals surface area contributed by atoms with Crippen LogP contribution < -0.4 is 5.32 Å². The quantitative estimate of drug-likeness (QED) is 0.923. The number of amides is 2. The van der Waals surface area contributed by atoms with E-state index < -0.39 is 5.82 Å². The summed E-state index contributed by atoms with van der Waals surface area (Å²) in [5.74, 6) is -0.648. The van der Waals surface area contributed by atoms with E-state index in [2.05, 4.69) is 5.32 Å². The van der Waals surface area contributed by atoms with Crippen molar-refractivity contribution in [1.29, 1.82) is 0 Å². The molecule has 7 heteroatoms. The van der Waals surface area contributed by atoms with Crippen LogP contribution in [0, 0.1) is 5.82 Å². The minimum atomic E-state index is -0.520. The van der Waals surface area contributed by atoms with Gasteiger partial charge in [-0.3, -0.25) is 14.5 Å². The Morgan fingerprint density at radius 1 is 1.27 bits per heavy atom. The van der Waals surface area contributed by atoms with Crippen LogP contribution >= 0.6 is 11.6 Å². The van der Waals surface area contributed by atoms with Crippen LogP contribution in [-0.2, 0) is 9.59 Å². The summed E-state index contributed by atoms with van der Waals surface area (Å²) in [6, 6.07) is 3.74. The maximum absolute atomic E-state index is 13.1. The van der Waals surface area contributed by atoms with Crippen molar-refractivity contribution in [2.24, 2.45) is 0 Å². The molecule has 0 bridgehead atoms. The maximum atomic E-state index is 13.1. The first kappa shape index (κ1) is 16.7. The summed E-state index contributed by atoms with van der Waals surface area (Å²) in [6.07, 6.45) is 0. The van der Waals surface area contributed by atoms with Gasteiger partial charge in [-0.25, -0.2) is 4.39 Å². The molecule has 1 N–H and O–H groups in total. The molecule has 0 aliphatic carbocycles. The second kappa shape index (κ2) is 7.07. The molecule has 1 heterocycles. The number of halogens is 2. The van der Waals surface area contributed by atoms with Crippen LogP contribution in [0.25, 0.3) is 0 Å². The van der Waals surface area contributed by atoms with Crippen molar-refractivity contribution in [3.05, 3.63) is 29.0 Å². The van der Waals surface area contributed by atoms with E-state index in [0.717, 1.165) is 0 Å². The van der Waals surface area contributed by atoms with Gasteiger partial charge in [-0.05, 0) is 25.1 Å². The fourth-order valence-electron chi connectivity index (χ4n) is 2.41. The average molecular weight is 328 g/mol. The van der Waals surface area contributed by atoms with Crippen molar-refractivity contribution in [1.82, 2.24) is 9.80 Å². The lowest BCUT2D eigenvalue weighted by molar-refractivity contribution is -0.131. The van der Waals surface area contributed by atoms with Crippen molar-refractivity contribution in [2.45, 2.75) is 19.9 Å². The molecule has 2 rings (SSSR count). The van der Waals surface area contributed by atoms with Gasteiger partial charge < -0.3 is 10.2 Å². The van der Waals surface area contributed by atoms with E-state index in [4.69, 9.17) is 11.6 Å².